The Balaban J connectivity index is 0.000000253. The Morgan fingerprint density at radius 1 is 0.534 bits per heavy atom. The van der Waals surface area contributed by atoms with Crippen LogP contribution in [0.3, 0.4) is 0 Å². The van der Waals surface area contributed by atoms with E-state index in [1.807, 2.05) is 152 Å². The van der Waals surface area contributed by atoms with Crippen LogP contribution in [0.4, 0.5) is 54.3 Å². The van der Waals surface area contributed by atoms with Crippen LogP contribution in [0.5, 0.6) is 5.75 Å². The van der Waals surface area contributed by atoms with Gasteiger partial charge in [0.1, 0.15) is 23.5 Å². The second-order valence-corrected chi connectivity index (χ2v) is 29.8. The number of nitro benzene ring substituents is 3. The number of ether oxygens (including phenoxy) is 1. The molecule has 690 valence electrons. The number of carbonyl (C=O) groups excluding carboxylic acids is 1. The number of hydrogen-bond donors (Lipinski definition) is 5. The molecule has 7 heterocycles. The van der Waals surface area contributed by atoms with Crippen LogP contribution >= 0.6 is 0 Å². The zero-order valence-electron chi connectivity index (χ0n) is 74.7. The minimum absolute atomic E-state index is 0. The summed E-state index contributed by atoms with van der Waals surface area (Å²) in [5, 5.41) is 83.4. The zero-order chi connectivity index (χ0) is 94.1. The van der Waals surface area contributed by atoms with E-state index in [1.165, 1.54) is 33.1 Å². The number of hydrogen-bond acceptors (Lipinski definition) is 31. The van der Waals surface area contributed by atoms with Crippen LogP contribution < -0.4 is 21.9 Å². The Labute approximate surface area is 767 Å². The molecule has 0 saturated heterocycles. The number of carbonyl (C=O) groups is 1. The van der Waals surface area contributed by atoms with Crippen LogP contribution in [0.2, 0.25) is 0 Å². The molecule has 15 rings (SSSR count). The largest absolute Gasteiger partial charge is 0.497 e. The second kappa shape index (κ2) is 50.9. The van der Waals surface area contributed by atoms with Gasteiger partial charge in [-0.1, -0.05) is 61.4 Å². The number of imidazole rings is 1. The molecule has 42 nitrogen and oxygen atoms in total. The van der Waals surface area contributed by atoms with E-state index in [2.05, 4.69) is 125 Å². The molecule has 0 bridgehead atoms. The molecule has 8 N–H and O–H groups in total. The first-order chi connectivity index (χ1) is 61.6. The maximum Gasteiger partial charge on any atom is 0.306 e. The van der Waals surface area contributed by atoms with E-state index in [0.29, 0.717) is 41.4 Å². The number of rotatable bonds is 24. The first kappa shape index (κ1) is 105. The molecule has 1 aliphatic rings. The average molecular weight is 1890 g/mol. The molecule has 0 spiro atoms. The number of fused-ring (bicyclic) bond motifs is 2. The van der Waals surface area contributed by atoms with Crippen molar-refractivity contribution in [3.05, 3.63) is 294 Å². The average Bonchev–Trinajstić information content (AvgIpc) is 1.62. The molecule has 14 aromatic rings. The molecule has 0 unspecified atom stereocenters. The van der Waals surface area contributed by atoms with Crippen molar-refractivity contribution >= 4 is 68.5 Å². The first-order valence-corrected chi connectivity index (χ1v) is 39.1. The van der Waals surface area contributed by atoms with Crippen molar-refractivity contribution in [2.45, 2.75) is 46.1 Å². The Morgan fingerprint density at radius 2 is 0.924 bits per heavy atom. The molecule has 45 heteroatoms. The number of aldehydes is 1. The molecule has 8 aromatic carbocycles. The van der Waals surface area contributed by atoms with E-state index < -0.39 is 37.8 Å². The molecular formula is C86H102F2N33O9Pd-. The molecule has 6 aromatic heterocycles. The van der Waals surface area contributed by atoms with Gasteiger partial charge in [0.05, 0.1) is 150 Å². The number of aliphatic hydroxyl groups excluding tert-OH is 1. The summed E-state index contributed by atoms with van der Waals surface area (Å²) < 4.78 is 39.0. The van der Waals surface area contributed by atoms with E-state index in [9.17, 15) is 43.9 Å². The number of nitrogens with two attached hydrogens (primary N) is 3. The fourth-order valence-electron chi connectivity index (χ4n) is 11.6. The summed E-state index contributed by atoms with van der Waals surface area (Å²) in [5.41, 5.74) is 40.7. The molecule has 131 heavy (non-hydrogen) atoms. The monoisotopic (exact) mass is 1880 g/mol. The van der Waals surface area contributed by atoms with Crippen LogP contribution in [-0.4, -0.2) is 251 Å². The van der Waals surface area contributed by atoms with Gasteiger partial charge in [-0.15, -0.1) is 31.9 Å². The Morgan fingerprint density at radius 3 is 1.33 bits per heavy atom. The standard InChI is InChI=1S/C31H31N11.C11H12FN5O2.C11H14N6O2.C11H16N6.C8H8O2.C6H3FN4O2.C5H9N.C2H6O.CH3.Pd/c1-39(2)16-23-18-41(37-35-23)25-9-11-27-22(13-25)14-29(32-27)20-5-7-21(8-6-20)31-33-28-12-10-26(15-30(28)34-31)42-19-24(36-38-42)17-40(3)4;2*1-15(2)6-8-7-16(14-13-8)9-3-4-10(12)11(5-9)17(18)19;1-16(2)6-8-7-17(15-14-8)9-3-4-10(12)11(13)5-9;1-10-8-4-2-7(6-9)3-5-8;7-5-2-1-4(9-10-8)3-6(5)11(12)13;1-4-5-6(2)3;1-2-3;;/h5-13,15,18-19H,14,16-17H2,1-4H3,(H,33,34);3-5,7H,6H2,1-2H3;3-5,7H,6,12H2,1-2H3;3-5,7H,6,12-13H2,1-2H3;2-6H,1H3;1-3H;1H,5H2,2-3H3;3H,2H2,1H3;1H3;/q;;;;;;;;-1;. The molecule has 0 atom stereocenters. The minimum Gasteiger partial charge on any atom is -0.497 e. The molecule has 0 saturated carbocycles. The van der Waals surface area contributed by atoms with Crippen molar-refractivity contribution in [1.29, 1.82) is 0 Å². The van der Waals surface area contributed by atoms with Crippen molar-refractivity contribution in [2.24, 2.45) is 10.1 Å². The van der Waals surface area contributed by atoms with E-state index in [1.54, 1.807) is 78.3 Å². The van der Waals surface area contributed by atoms with Gasteiger partial charge in [-0.2, -0.15) is 8.78 Å². The van der Waals surface area contributed by atoms with Crippen molar-refractivity contribution < 1.29 is 58.6 Å². The Bertz CT molecular complexity index is 6100. The fourth-order valence-corrected chi connectivity index (χ4v) is 11.6. The van der Waals surface area contributed by atoms with Crippen molar-refractivity contribution in [2.75, 3.05) is 122 Å². The van der Waals surface area contributed by atoms with Crippen molar-refractivity contribution in [3.63, 3.8) is 0 Å². The number of aromatic nitrogens is 17. The molecule has 0 fully saturated rings. The molecule has 1 aliphatic heterocycles. The maximum absolute atomic E-state index is 13.2. The third-order valence-electron chi connectivity index (χ3n) is 17.4. The summed E-state index contributed by atoms with van der Waals surface area (Å²) in [5.74, 6) is 2.26. The fraction of sp³-hybridized carbons (Fsp3) is 0.256. The van der Waals surface area contributed by atoms with E-state index in [0.717, 1.165) is 160 Å². The summed E-state index contributed by atoms with van der Waals surface area (Å²) >= 11 is 0. The number of azide groups is 1. The van der Waals surface area contributed by atoms with Crippen LogP contribution in [-0.2, 0) is 59.6 Å². The third kappa shape index (κ3) is 31.9. The van der Waals surface area contributed by atoms with Gasteiger partial charge in [0.15, 0.2) is 0 Å². The number of nitro groups is 3. The first-order valence-electron chi connectivity index (χ1n) is 39.1. The predicted octanol–water partition coefficient (Wildman–Crippen LogP) is 11.7. The number of nitrogens with one attached hydrogen (secondary N) is 1. The number of aliphatic imine (C=N–C) groups is 1. The quantitative estimate of drug-likeness (QED) is 0.00358. The smallest absolute Gasteiger partial charge is 0.306 e. The number of benzene rings is 8. The third-order valence-corrected chi connectivity index (χ3v) is 17.4. The van der Waals surface area contributed by atoms with E-state index >= 15 is 0 Å². The van der Waals surface area contributed by atoms with Gasteiger partial charge in [-0.05, 0) is 223 Å². The minimum atomic E-state index is -0.957. The van der Waals surface area contributed by atoms with Crippen LogP contribution in [0.25, 0.3) is 61.3 Å². The Hall–Kier alpha value is -15.2. The number of anilines is 3. The summed E-state index contributed by atoms with van der Waals surface area (Å²) in [6.45, 7) is 6.17. The van der Waals surface area contributed by atoms with Crippen LogP contribution in [0.15, 0.2) is 199 Å². The number of aliphatic hydroxyl groups is 1. The van der Waals surface area contributed by atoms with Crippen molar-refractivity contribution in [1.82, 2.24) is 114 Å². The summed E-state index contributed by atoms with van der Waals surface area (Å²) in [6.07, 6.45) is 15.7. The number of methoxy groups -OCH3 is 1. The van der Waals surface area contributed by atoms with Crippen molar-refractivity contribution in [3.8, 4) is 57.9 Å². The van der Waals surface area contributed by atoms with Gasteiger partial charge in [0.25, 0.3) is 5.69 Å². The topological polar surface area (TPSA) is 517 Å². The summed E-state index contributed by atoms with van der Waals surface area (Å²) in [7, 11) is 25.2. The van der Waals surface area contributed by atoms with Crippen LogP contribution in [0, 0.1) is 61.7 Å². The summed E-state index contributed by atoms with van der Waals surface area (Å²) in [4.78, 5) is 67.3. The number of halogens is 2. The number of terminal acetylenes is 1. The number of H-pyrrole nitrogens is 1. The SMILES string of the molecule is C#CCN(C)C.CCO.CN(C)Cc1cn(-c2ccc(F)c([N+](=O)[O-])c2)nn1.CN(C)Cc1cn(-c2ccc(N)c(N)c2)nn1.CN(C)Cc1cn(-c2ccc(N)c([N+](=O)[O-])c2)nn1.CN(C)Cc1cn(-c2ccc3c(c2)CC(c2ccc(-c4nc5ccc(-n6cc(CN(C)C)nn6)cc5[nH]4)cc2)=N3)nn1.COc1ccc(C=O)cc1.[CH3-].[N-]=[N+]=Nc1ccc(F)c([N+](=O)[O-])c1.[Pd]. The number of aromatic amines is 1. The van der Waals surface area contributed by atoms with E-state index in [-0.39, 0.29) is 51.5 Å². The number of nitrogens with zero attached hydrogens (tertiary/aromatic N) is 29. The van der Waals surface area contributed by atoms with Gasteiger partial charge in [-0.25, -0.2) is 28.4 Å². The van der Waals surface area contributed by atoms with Gasteiger partial charge in [-0.3, -0.25) is 45.0 Å². The Kier molecular flexibility index (Phi) is 40.7. The molecule has 0 aliphatic carbocycles. The summed E-state index contributed by atoms with van der Waals surface area (Å²) in [6, 6.07) is 44.1. The normalized spacial score (nSPS) is 10.8. The van der Waals surface area contributed by atoms with Gasteiger partial charge in [0, 0.05) is 106 Å². The second-order valence-electron chi connectivity index (χ2n) is 29.8. The van der Waals surface area contributed by atoms with Crippen LogP contribution in [0.1, 0.15) is 56.9 Å². The van der Waals surface area contributed by atoms with E-state index in [4.69, 9.17) is 49.0 Å². The van der Waals surface area contributed by atoms with Gasteiger partial charge >= 0.3 is 11.4 Å². The predicted molar refractivity (Wildman–Crippen MR) is 492 cm³/mol. The molecule has 0 radical (unpaired) electrons. The maximum atomic E-state index is 13.2. The zero-order valence-corrected chi connectivity index (χ0v) is 76.3. The van der Waals surface area contributed by atoms with Gasteiger partial charge < -0.3 is 64.0 Å². The molecule has 0 amide bonds. The van der Waals surface area contributed by atoms with Gasteiger partial charge in [0.2, 0.25) is 11.6 Å². The molecular weight excluding hydrogens is 1780 g/mol. The number of nitrogen functional groups attached to an aromatic ring is 3.